The number of thioether (sulfide) groups is 2. The number of hydrogen-bond donors (Lipinski definition) is 0. The number of nitrogens with zero attached hydrogens (tertiary/aromatic N) is 2. The Hall–Kier alpha value is -0.650. The second-order valence-corrected chi connectivity index (χ2v) is 8.64. The standard InChI is InChI=1S/C19H28N2OS2/c1-23-18-9-4-3-8-17(18)19(22)21-12-7-13-24-15-16(21)14-20-10-5-2-6-11-20/h3-4,8-9,16H,2,5-7,10-15H2,1H3. The van der Waals surface area contributed by atoms with Crippen molar-refractivity contribution < 1.29 is 4.79 Å². The first kappa shape index (κ1) is 18.2. The number of carbonyl (C=O) groups is 1. The molecule has 2 aliphatic rings. The molecular formula is C19H28N2OS2. The van der Waals surface area contributed by atoms with Crippen LogP contribution in [0.25, 0.3) is 0 Å². The maximum absolute atomic E-state index is 13.3. The van der Waals surface area contributed by atoms with Gasteiger partial charge >= 0.3 is 0 Å². The molecule has 0 aliphatic carbocycles. The van der Waals surface area contributed by atoms with Crippen LogP contribution in [0, 0.1) is 0 Å². The summed E-state index contributed by atoms with van der Waals surface area (Å²) in [6.07, 6.45) is 7.13. The lowest BCUT2D eigenvalue weighted by Gasteiger charge is -2.36. The lowest BCUT2D eigenvalue weighted by atomic mass is 10.1. The summed E-state index contributed by atoms with van der Waals surface area (Å²) in [6.45, 7) is 4.34. The SMILES string of the molecule is CSc1ccccc1C(=O)N1CCCSCC1CN1CCCCC1. The lowest BCUT2D eigenvalue weighted by Crippen LogP contribution is -2.49. The van der Waals surface area contributed by atoms with Gasteiger partial charge in [-0.05, 0) is 56.5 Å². The fourth-order valence-corrected chi connectivity index (χ4v) is 5.31. The van der Waals surface area contributed by atoms with Crippen LogP contribution in [0.5, 0.6) is 0 Å². The van der Waals surface area contributed by atoms with E-state index in [-0.39, 0.29) is 5.91 Å². The van der Waals surface area contributed by atoms with Crippen molar-refractivity contribution in [2.75, 3.05) is 43.9 Å². The van der Waals surface area contributed by atoms with Gasteiger partial charge in [-0.1, -0.05) is 18.6 Å². The van der Waals surface area contributed by atoms with Gasteiger partial charge in [-0.2, -0.15) is 11.8 Å². The largest absolute Gasteiger partial charge is 0.333 e. The van der Waals surface area contributed by atoms with E-state index >= 15 is 0 Å². The van der Waals surface area contributed by atoms with E-state index in [2.05, 4.69) is 22.1 Å². The Morgan fingerprint density at radius 1 is 1.17 bits per heavy atom. The van der Waals surface area contributed by atoms with Crippen molar-refractivity contribution in [3.05, 3.63) is 29.8 Å². The predicted molar refractivity (Wildman–Crippen MR) is 105 cm³/mol. The maximum Gasteiger partial charge on any atom is 0.255 e. The minimum absolute atomic E-state index is 0.226. The van der Waals surface area contributed by atoms with Crippen molar-refractivity contribution in [2.45, 2.75) is 36.6 Å². The summed E-state index contributed by atoms with van der Waals surface area (Å²) >= 11 is 3.68. The summed E-state index contributed by atoms with van der Waals surface area (Å²) in [4.78, 5) is 19.1. The molecule has 1 aromatic rings. The molecule has 3 rings (SSSR count). The number of piperidine rings is 1. The molecule has 1 atom stereocenters. The molecule has 1 unspecified atom stereocenters. The van der Waals surface area contributed by atoms with Gasteiger partial charge in [0.05, 0.1) is 11.6 Å². The smallest absolute Gasteiger partial charge is 0.255 e. The molecule has 3 nitrogen and oxygen atoms in total. The van der Waals surface area contributed by atoms with Gasteiger partial charge in [0, 0.05) is 23.7 Å². The topological polar surface area (TPSA) is 23.6 Å². The fourth-order valence-electron chi connectivity index (χ4n) is 3.66. The van der Waals surface area contributed by atoms with Crippen LogP contribution in [0.15, 0.2) is 29.2 Å². The van der Waals surface area contributed by atoms with Crippen molar-refractivity contribution in [1.82, 2.24) is 9.80 Å². The molecule has 24 heavy (non-hydrogen) atoms. The zero-order chi connectivity index (χ0) is 16.8. The molecule has 0 N–H and O–H groups in total. The van der Waals surface area contributed by atoms with Crippen LogP contribution >= 0.6 is 23.5 Å². The minimum Gasteiger partial charge on any atom is -0.333 e. The third-order valence-electron chi connectivity index (χ3n) is 4.95. The van der Waals surface area contributed by atoms with Crippen molar-refractivity contribution in [3.63, 3.8) is 0 Å². The monoisotopic (exact) mass is 364 g/mol. The molecule has 0 radical (unpaired) electrons. The van der Waals surface area contributed by atoms with Crippen LogP contribution in [0.3, 0.4) is 0 Å². The highest BCUT2D eigenvalue weighted by molar-refractivity contribution is 7.99. The fraction of sp³-hybridized carbons (Fsp3) is 0.632. The van der Waals surface area contributed by atoms with Gasteiger partial charge in [0.1, 0.15) is 0 Å². The van der Waals surface area contributed by atoms with Gasteiger partial charge in [0.2, 0.25) is 0 Å². The quantitative estimate of drug-likeness (QED) is 0.757. The molecule has 0 aromatic heterocycles. The third-order valence-corrected chi connectivity index (χ3v) is 6.95. The second-order valence-electron chi connectivity index (χ2n) is 6.64. The van der Waals surface area contributed by atoms with Crippen LogP contribution in [-0.4, -0.2) is 65.7 Å². The highest BCUT2D eigenvalue weighted by atomic mass is 32.2. The van der Waals surface area contributed by atoms with Crippen molar-refractivity contribution in [1.29, 1.82) is 0 Å². The average molecular weight is 365 g/mol. The van der Waals surface area contributed by atoms with Gasteiger partial charge in [-0.3, -0.25) is 4.79 Å². The maximum atomic E-state index is 13.3. The summed E-state index contributed by atoms with van der Waals surface area (Å²) in [6, 6.07) is 8.40. The number of rotatable bonds is 4. The van der Waals surface area contributed by atoms with Crippen molar-refractivity contribution in [2.24, 2.45) is 0 Å². The molecule has 2 saturated heterocycles. The van der Waals surface area contributed by atoms with Crippen LogP contribution in [-0.2, 0) is 0 Å². The molecule has 1 aromatic carbocycles. The molecule has 2 heterocycles. The first-order chi connectivity index (χ1) is 11.8. The van der Waals surface area contributed by atoms with Crippen LogP contribution in [0.4, 0.5) is 0 Å². The molecule has 0 bridgehead atoms. The molecule has 2 aliphatic heterocycles. The highest BCUT2D eigenvalue weighted by Gasteiger charge is 2.29. The zero-order valence-electron chi connectivity index (χ0n) is 14.6. The first-order valence-corrected chi connectivity index (χ1v) is 11.4. The summed E-state index contributed by atoms with van der Waals surface area (Å²) < 4.78 is 0. The summed E-state index contributed by atoms with van der Waals surface area (Å²) in [5.74, 6) is 2.47. The Kier molecular flexibility index (Phi) is 6.93. The van der Waals surface area contributed by atoms with E-state index in [0.29, 0.717) is 6.04 Å². The average Bonchev–Trinajstić information content (AvgIpc) is 2.87. The van der Waals surface area contributed by atoms with Gasteiger partial charge in [-0.25, -0.2) is 0 Å². The molecule has 0 saturated carbocycles. The highest BCUT2D eigenvalue weighted by Crippen LogP contribution is 2.25. The van der Waals surface area contributed by atoms with E-state index in [1.54, 1.807) is 11.8 Å². The molecule has 0 spiro atoms. The van der Waals surface area contributed by atoms with Crippen molar-refractivity contribution in [3.8, 4) is 0 Å². The first-order valence-electron chi connectivity index (χ1n) is 9.03. The van der Waals surface area contributed by atoms with Crippen LogP contribution < -0.4 is 0 Å². The van der Waals surface area contributed by atoms with Gasteiger partial charge < -0.3 is 9.80 Å². The Morgan fingerprint density at radius 2 is 1.96 bits per heavy atom. The van der Waals surface area contributed by atoms with Gasteiger partial charge in [0.15, 0.2) is 0 Å². The Morgan fingerprint density at radius 3 is 2.75 bits per heavy atom. The van der Waals surface area contributed by atoms with E-state index < -0.39 is 0 Å². The minimum atomic E-state index is 0.226. The summed E-state index contributed by atoms with van der Waals surface area (Å²) in [5.41, 5.74) is 0.876. The lowest BCUT2D eigenvalue weighted by molar-refractivity contribution is 0.0642. The molecular weight excluding hydrogens is 336 g/mol. The Balaban J connectivity index is 1.77. The number of likely N-dealkylation sites (tertiary alicyclic amines) is 1. The summed E-state index contributed by atoms with van der Waals surface area (Å²) in [7, 11) is 0. The number of amides is 1. The predicted octanol–water partition coefficient (Wildman–Crippen LogP) is 3.84. The van der Waals surface area contributed by atoms with E-state index in [1.165, 1.54) is 38.1 Å². The van der Waals surface area contributed by atoms with E-state index in [0.717, 1.165) is 35.7 Å². The molecule has 132 valence electrons. The van der Waals surface area contributed by atoms with Crippen LogP contribution in [0.2, 0.25) is 0 Å². The molecule has 1 amide bonds. The van der Waals surface area contributed by atoms with E-state index in [9.17, 15) is 4.79 Å². The van der Waals surface area contributed by atoms with E-state index in [1.807, 2.05) is 30.0 Å². The summed E-state index contributed by atoms with van der Waals surface area (Å²) in [5, 5.41) is 0. The normalized spacial score (nSPS) is 23.0. The molecule has 2 fully saturated rings. The van der Waals surface area contributed by atoms with Crippen LogP contribution in [0.1, 0.15) is 36.0 Å². The van der Waals surface area contributed by atoms with Gasteiger partial charge in [0.25, 0.3) is 5.91 Å². The van der Waals surface area contributed by atoms with Gasteiger partial charge in [-0.15, -0.1) is 11.8 Å². The Labute approximate surface area is 154 Å². The van der Waals surface area contributed by atoms with Crippen molar-refractivity contribution >= 4 is 29.4 Å². The van der Waals surface area contributed by atoms with E-state index in [4.69, 9.17) is 0 Å². The Bertz CT molecular complexity index is 546. The second kappa shape index (κ2) is 9.16. The molecule has 5 heteroatoms. The third kappa shape index (κ3) is 4.50. The number of carbonyl (C=O) groups excluding carboxylic acids is 1. The number of benzene rings is 1. The zero-order valence-corrected chi connectivity index (χ0v) is 16.2. The number of hydrogen-bond acceptors (Lipinski definition) is 4.